The molecule has 31 heavy (non-hydrogen) atoms. The van der Waals surface area contributed by atoms with Crippen molar-refractivity contribution in [1.29, 1.82) is 0 Å². The quantitative estimate of drug-likeness (QED) is 0.469. The van der Waals surface area contributed by atoms with Gasteiger partial charge in [0, 0.05) is 77.7 Å². The molecule has 0 radical (unpaired) electrons. The third kappa shape index (κ3) is 7.05. The summed E-state index contributed by atoms with van der Waals surface area (Å²) in [6.45, 7) is 8.91. The Morgan fingerprint density at radius 2 is 1.84 bits per heavy atom. The van der Waals surface area contributed by atoms with Gasteiger partial charge in [-0.2, -0.15) is 0 Å². The second-order valence-electron chi connectivity index (χ2n) is 8.19. The molecule has 2 saturated heterocycles. The molecule has 2 fully saturated rings. The van der Waals surface area contributed by atoms with Crippen LogP contribution in [0.1, 0.15) is 39.0 Å². The minimum absolute atomic E-state index is 0.177. The molecule has 1 aromatic heterocycles. The zero-order chi connectivity index (χ0) is 21.9. The highest BCUT2D eigenvalue weighted by Gasteiger charge is 2.22. The van der Waals surface area contributed by atoms with Crippen LogP contribution in [0.2, 0.25) is 0 Å². The number of anilines is 1. The summed E-state index contributed by atoms with van der Waals surface area (Å²) in [5.41, 5.74) is 0. The number of hydrogen-bond donors (Lipinski definition) is 2. The van der Waals surface area contributed by atoms with E-state index in [2.05, 4.69) is 42.3 Å². The Hall–Kier alpha value is -2.42. The van der Waals surface area contributed by atoms with Crippen molar-refractivity contribution in [2.75, 3.05) is 64.3 Å². The minimum atomic E-state index is 0.177. The lowest BCUT2D eigenvalue weighted by atomic mass is 10.0. The van der Waals surface area contributed by atoms with Crippen molar-refractivity contribution in [2.45, 2.75) is 45.1 Å². The molecule has 172 valence electrons. The van der Waals surface area contributed by atoms with Crippen LogP contribution in [0.25, 0.3) is 0 Å². The van der Waals surface area contributed by atoms with Gasteiger partial charge in [-0.05, 0) is 31.9 Å². The summed E-state index contributed by atoms with van der Waals surface area (Å²) in [5, 5.41) is 6.67. The molecule has 0 spiro atoms. The Morgan fingerprint density at radius 3 is 2.55 bits per heavy atom. The number of likely N-dealkylation sites (tertiary alicyclic amines) is 1. The van der Waals surface area contributed by atoms with Crippen LogP contribution in [-0.4, -0.2) is 97.1 Å². The highest BCUT2D eigenvalue weighted by Crippen LogP contribution is 2.18. The van der Waals surface area contributed by atoms with Crippen molar-refractivity contribution in [1.82, 2.24) is 30.4 Å². The summed E-state index contributed by atoms with van der Waals surface area (Å²) >= 11 is 0. The van der Waals surface area contributed by atoms with E-state index < -0.39 is 0 Å². The maximum atomic E-state index is 12.6. The van der Waals surface area contributed by atoms with Gasteiger partial charge in [0.15, 0.2) is 5.96 Å². The van der Waals surface area contributed by atoms with Gasteiger partial charge in [0.25, 0.3) is 0 Å². The summed E-state index contributed by atoms with van der Waals surface area (Å²) in [4.78, 5) is 32.1. The van der Waals surface area contributed by atoms with Gasteiger partial charge in [-0.3, -0.25) is 14.7 Å². The lowest BCUT2D eigenvalue weighted by molar-refractivity contribution is -0.131. The Labute approximate surface area is 186 Å². The lowest BCUT2D eigenvalue weighted by Gasteiger charge is -2.35. The predicted molar refractivity (Wildman–Crippen MR) is 124 cm³/mol. The molecule has 9 heteroatoms. The van der Waals surface area contributed by atoms with Crippen LogP contribution in [0.5, 0.6) is 0 Å². The molecule has 2 aliphatic rings. The first-order valence-corrected chi connectivity index (χ1v) is 11.7. The molecule has 3 heterocycles. The van der Waals surface area contributed by atoms with Crippen molar-refractivity contribution in [3.63, 3.8) is 0 Å². The number of amides is 1. The third-order valence-electron chi connectivity index (χ3n) is 6.23. The van der Waals surface area contributed by atoms with E-state index in [0.717, 1.165) is 44.1 Å². The Kier molecular flexibility index (Phi) is 9.33. The van der Waals surface area contributed by atoms with Gasteiger partial charge in [0.05, 0.1) is 0 Å². The number of guanidine groups is 1. The maximum absolute atomic E-state index is 12.6. The van der Waals surface area contributed by atoms with Gasteiger partial charge in [0.1, 0.15) is 0 Å². The van der Waals surface area contributed by atoms with Crippen molar-refractivity contribution in [2.24, 2.45) is 4.99 Å². The van der Waals surface area contributed by atoms with E-state index in [-0.39, 0.29) is 5.91 Å². The topological polar surface area (TPSA) is 89.0 Å². The van der Waals surface area contributed by atoms with Crippen LogP contribution in [0.15, 0.2) is 23.5 Å². The number of carbonyl (C=O) groups is 1. The number of aliphatic imine (C=N–C) groups is 1. The van der Waals surface area contributed by atoms with Crippen LogP contribution in [0.4, 0.5) is 5.95 Å². The van der Waals surface area contributed by atoms with E-state index in [9.17, 15) is 4.79 Å². The second kappa shape index (κ2) is 12.4. The fraction of sp³-hybridized carbons (Fsp3) is 0.727. The molecule has 3 rings (SSSR count). The average Bonchev–Trinajstić information content (AvgIpc) is 2.84. The average molecular weight is 431 g/mol. The summed E-state index contributed by atoms with van der Waals surface area (Å²) < 4.78 is 0. The number of hydrogen-bond acceptors (Lipinski definition) is 6. The standard InChI is InChI=1S/C22H38N8O/c1-3-19-7-4-5-13-28(19)14-12-25-21(23-2)24-11-8-20(31)29-15-17-30(18-16-29)22-26-9-6-10-27-22/h6,9-10,19H,3-5,7-8,11-18H2,1-2H3,(H2,23,24,25). The second-order valence-corrected chi connectivity index (χ2v) is 8.19. The molecule has 2 N–H and O–H groups in total. The van der Waals surface area contributed by atoms with Crippen LogP contribution in [-0.2, 0) is 4.79 Å². The van der Waals surface area contributed by atoms with Crippen molar-refractivity contribution in [3.8, 4) is 0 Å². The molecular weight excluding hydrogens is 392 g/mol. The number of nitrogens with one attached hydrogen (secondary N) is 2. The maximum Gasteiger partial charge on any atom is 0.225 e. The van der Waals surface area contributed by atoms with E-state index in [1.807, 2.05) is 11.0 Å². The highest BCUT2D eigenvalue weighted by molar-refractivity contribution is 5.81. The van der Waals surface area contributed by atoms with E-state index >= 15 is 0 Å². The van der Waals surface area contributed by atoms with Gasteiger partial charge in [-0.25, -0.2) is 9.97 Å². The predicted octanol–water partition coefficient (Wildman–Crippen LogP) is 0.945. The zero-order valence-corrected chi connectivity index (χ0v) is 19.1. The fourth-order valence-corrected chi connectivity index (χ4v) is 4.41. The Balaban J connectivity index is 1.31. The molecule has 9 nitrogen and oxygen atoms in total. The number of rotatable bonds is 8. The SMILES string of the molecule is CCC1CCCCN1CCNC(=NC)NCCC(=O)N1CCN(c2ncccn2)CC1. The molecule has 0 saturated carbocycles. The van der Waals surface area contributed by atoms with Gasteiger partial charge in [-0.15, -0.1) is 0 Å². The largest absolute Gasteiger partial charge is 0.356 e. The summed E-state index contributed by atoms with van der Waals surface area (Å²) in [6, 6.07) is 2.53. The fourth-order valence-electron chi connectivity index (χ4n) is 4.41. The molecule has 1 amide bonds. The molecule has 1 atom stereocenters. The van der Waals surface area contributed by atoms with Crippen molar-refractivity contribution in [3.05, 3.63) is 18.5 Å². The number of carbonyl (C=O) groups excluding carboxylic acids is 1. The van der Waals surface area contributed by atoms with Gasteiger partial charge >= 0.3 is 0 Å². The normalized spacial score (nSPS) is 20.6. The number of nitrogens with zero attached hydrogens (tertiary/aromatic N) is 6. The third-order valence-corrected chi connectivity index (χ3v) is 6.23. The minimum Gasteiger partial charge on any atom is -0.356 e. The zero-order valence-electron chi connectivity index (χ0n) is 19.1. The molecule has 0 aromatic carbocycles. The Morgan fingerprint density at radius 1 is 1.10 bits per heavy atom. The van der Waals surface area contributed by atoms with E-state index in [1.165, 1.54) is 32.2 Å². The monoisotopic (exact) mass is 430 g/mol. The molecular formula is C22H38N8O. The Bertz CT molecular complexity index is 690. The molecule has 1 unspecified atom stereocenters. The van der Waals surface area contributed by atoms with Crippen molar-refractivity contribution < 1.29 is 4.79 Å². The van der Waals surface area contributed by atoms with Crippen LogP contribution >= 0.6 is 0 Å². The van der Waals surface area contributed by atoms with E-state index in [0.29, 0.717) is 26.1 Å². The summed E-state index contributed by atoms with van der Waals surface area (Å²) in [5.74, 6) is 1.68. The van der Waals surface area contributed by atoms with Gasteiger partial charge < -0.3 is 20.4 Å². The summed E-state index contributed by atoms with van der Waals surface area (Å²) in [7, 11) is 1.78. The smallest absolute Gasteiger partial charge is 0.225 e. The highest BCUT2D eigenvalue weighted by atomic mass is 16.2. The molecule has 2 aliphatic heterocycles. The number of piperidine rings is 1. The first-order chi connectivity index (χ1) is 15.2. The number of aromatic nitrogens is 2. The molecule has 0 bridgehead atoms. The first-order valence-electron chi connectivity index (χ1n) is 11.7. The first kappa shape index (κ1) is 23.2. The molecule has 1 aromatic rings. The summed E-state index contributed by atoms with van der Waals surface area (Å²) in [6.07, 6.45) is 9.17. The number of piperazine rings is 1. The van der Waals surface area contributed by atoms with E-state index in [1.54, 1.807) is 19.4 Å². The van der Waals surface area contributed by atoms with Crippen LogP contribution < -0.4 is 15.5 Å². The van der Waals surface area contributed by atoms with Gasteiger partial charge in [0.2, 0.25) is 11.9 Å². The van der Waals surface area contributed by atoms with Crippen molar-refractivity contribution >= 4 is 17.8 Å². The van der Waals surface area contributed by atoms with Gasteiger partial charge in [-0.1, -0.05) is 13.3 Å². The lowest BCUT2D eigenvalue weighted by Crippen LogP contribution is -2.50. The van der Waals surface area contributed by atoms with Crippen LogP contribution in [0.3, 0.4) is 0 Å². The van der Waals surface area contributed by atoms with Crippen LogP contribution in [0, 0.1) is 0 Å². The molecule has 0 aliphatic carbocycles. The van der Waals surface area contributed by atoms with E-state index in [4.69, 9.17) is 0 Å².